The van der Waals surface area contributed by atoms with Gasteiger partial charge in [0.05, 0.1) is 0 Å². The second kappa shape index (κ2) is 15.9. The van der Waals surface area contributed by atoms with Crippen LogP contribution in [-0.2, 0) is 32.1 Å². The van der Waals surface area contributed by atoms with Crippen molar-refractivity contribution in [3.8, 4) is 0 Å². The Bertz CT molecular complexity index is 52.9. The third-order valence-corrected chi connectivity index (χ3v) is 0.408. The van der Waals surface area contributed by atoms with Crippen LogP contribution in [0.4, 0.5) is 0 Å². The summed E-state index contributed by atoms with van der Waals surface area (Å²) in [6.07, 6.45) is 3.32. The summed E-state index contributed by atoms with van der Waals surface area (Å²) in [5.74, 6) is 0. The molecular formula is C5H11NS2Zn. The predicted molar refractivity (Wildman–Crippen MR) is 44.4 cm³/mol. The standard InChI is InChI=1S/C4H9.CH3NS2.Zn/c1-3-4-2;2-1(3)4;/h3H,4H2,1-2H3;(H3,2,3,4);/q-1;;+2/p-1. The summed E-state index contributed by atoms with van der Waals surface area (Å²) < 4.78 is 0.0833. The van der Waals surface area contributed by atoms with Gasteiger partial charge in [-0.1, -0.05) is 11.2 Å². The maximum atomic E-state index is 4.66. The van der Waals surface area contributed by atoms with Gasteiger partial charge in [0.1, 0.15) is 0 Å². The third-order valence-electron chi connectivity index (χ3n) is 0.408. The van der Waals surface area contributed by atoms with Crippen LogP contribution >= 0.6 is 12.2 Å². The Balaban J connectivity index is -0.0000000720. The number of hydrogen-bond acceptors (Lipinski definition) is 2. The van der Waals surface area contributed by atoms with E-state index < -0.39 is 0 Å². The normalized spacial score (nSPS) is 6.00. The van der Waals surface area contributed by atoms with Crippen molar-refractivity contribution in [1.29, 1.82) is 0 Å². The van der Waals surface area contributed by atoms with Gasteiger partial charge in [-0.15, -0.1) is 0 Å². The van der Waals surface area contributed by atoms with E-state index in [2.05, 4.69) is 50.8 Å². The molecule has 0 fully saturated rings. The summed E-state index contributed by atoms with van der Waals surface area (Å²) >= 11 is 8.26. The molecule has 0 aliphatic rings. The molecule has 0 unspecified atom stereocenters. The number of hydrogen-bond donors (Lipinski definition) is 1. The van der Waals surface area contributed by atoms with Gasteiger partial charge in [-0.2, -0.15) is 13.3 Å². The van der Waals surface area contributed by atoms with Gasteiger partial charge in [0.15, 0.2) is 0 Å². The second-order valence-electron chi connectivity index (χ2n) is 1.14. The molecule has 0 aliphatic carbocycles. The quantitative estimate of drug-likeness (QED) is 0.309. The van der Waals surface area contributed by atoms with E-state index in [1.807, 2.05) is 0 Å². The molecule has 0 saturated heterocycles. The maximum absolute atomic E-state index is 4.66. The zero-order valence-corrected chi connectivity index (χ0v) is 10.5. The Morgan fingerprint density at radius 2 is 1.89 bits per heavy atom. The molecule has 0 radical (unpaired) electrons. The van der Waals surface area contributed by atoms with Gasteiger partial charge < -0.3 is 37.0 Å². The van der Waals surface area contributed by atoms with Crippen LogP contribution in [0.5, 0.6) is 0 Å². The molecule has 2 N–H and O–H groups in total. The second-order valence-corrected chi connectivity index (χ2v) is 2.27. The molecule has 0 bridgehead atoms. The largest absolute Gasteiger partial charge is 2.00 e. The topological polar surface area (TPSA) is 26.0 Å². The summed E-state index contributed by atoms with van der Waals surface area (Å²) in [6.45, 7) is 4.18. The van der Waals surface area contributed by atoms with E-state index in [9.17, 15) is 0 Å². The Labute approximate surface area is 80.9 Å². The Morgan fingerprint density at radius 3 is 1.89 bits per heavy atom. The van der Waals surface area contributed by atoms with Crippen LogP contribution in [0.15, 0.2) is 0 Å². The van der Waals surface area contributed by atoms with E-state index in [1.165, 1.54) is 6.42 Å². The van der Waals surface area contributed by atoms with Crippen molar-refractivity contribution < 1.29 is 19.5 Å². The fraction of sp³-hybridized carbons (Fsp3) is 0.600. The first-order valence-corrected chi connectivity index (χ1v) is 3.21. The van der Waals surface area contributed by atoms with Crippen LogP contribution < -0.4 is 5.73 Å². The SMILES string of the molecule is C[CH-]CC.NC(=S)[S-].[Zn+2]. The fourth-order valence-corrected chi connectivity index (χ4v) is 0. The predicted octanol–water partition coefficient (Wildman–Crippen LogP) is 1.39. The van der Waals surface area contributed by atoms with Crippen molar-refractivity contribution in [3.63, 3.8) is 0 Å². The van der Waals surface area contributed by atoms with E-state index in [4.69, 9.17) is 0 Å². The molecular weight excluding hydrogens is 204 g/mol. The molecule has 0 saturated carbocycles. The van der Waals surface area contributed by atoms with Gasteiger partial charge in [0.2, 0.25) is 0 Å². The molecule has 4 heteroatoms. The molecule has 9 heavy (non-hydrogen) atoms. The molecule has 0 aromatic rings. The van der Waals surface area contributed by atoms with E-state index in [1.54, 1.807) is 0 Å². The summed E-state index contributed by atoms with van der Waals surface area (Å²) in [5, 5.41) is 0. The van der Waals surface area contributed by atoms with Gasteiger partial charge in [-0.3, -0.25) is 0 Å². The minimum absolute atomic E-state index is 0. The van der Waals surface area contributed by atoms with E-state index in [-0.39, 0.29) is 23.8 Å². The molecule has 0 spiro atoms. The molecule has 1 nitrogen and oxygen atoms in total. The number of thiocarbonyl (C=S) groups is 1. The average molecular weight is 215 g/mol. The molecule has 0 aromatic carbocycles. The van der Waals surface area contributed by atoms with Crippen LogP contribution in [0.1, 0.15) is 20.3 Å². The minimum atomic E-state index is 0. The van der Waals surface area contributed by atoms with Crippen LogP contribution in [0.3, 0.4) is 0 Å². The zero-order chi connectivity index (χ0) is 6.99. The van der Waals surface area contributed by atoms with Crippen LogP contribution in [0.2, 0.25) is 0 Å². The molecule has 0 rings (SSSR count). The average Bonchev–Trinajstić information content (AvgIpc) is 1.65. The summed E-state index contributed by atoms with van der Waals surface area (Å²) in [7, 11) is 0. The number of unbranched alkanes of at least 4 members (excludes halogenated alkanes) is 1. The molecule has 0 aromatic heterocycles. The summed E-state index contributed by atoms with van der Waals surface area (Å²) in [6, 6.07) is 0. The molecule has 50 valence electrons. The van der Waals surface area contributed by atoms with Gasteiger partial charge in [0, 0.05) is 0 Å². The van der Waals surface area contributed by atoms with E-state index >= 15 is 0 Å². The van der Waals surface area contributed by atoms with Gasteiger partial charge >= 0.3 is 19.5 Å². The first-order valence-electron chi connectivity index (χ1n) is 2.39. The first-order chi connectivity index (χ1) is 3.65. The summed E-state index contributed by atoms with van der Waals surface area (Å²) in [5.41, 5.74) is 4.66. The number of nitrogens with two attached hydrogens (primary N) is 1. The fourth-order valence-electron chi connectivity index (χ4n) is 0. The Kier molecular flexibility index (Phi) is 28.9. The monoisotopic (exact) mass is 213 g/mol. The van der Waals surface area contributed by atoms with Gasteiger partial charge in [-0.05, 0) is 0 Å². The van der Waals surface area contributed by atoms with Crippen LogP contribution in [-0.4, -0.2) is 4.32 Å². The minimum Gasteiger partial charge on any atom is -0.415 e. The number of rotatable bonds is 1. The van der Waals surface area contributed by atoms with Crippen molar-refractivity contribution in [1.82, 2.24) is 0 Å². The smallest absolute Gasteiger partial charge is 0.415 e. The Hall–Kier alpha value is 0.733. The van der Waals surface area contributed by atoms with Crippen molar-refractivity contribution in [2.45, 2.75) is 20.3 Å². The molecule has 0 amide bonds. The molecule has 0 atom stereocenters. The van der Waals surface area contributed by atoms with Crippen molar-refractivity contribution in [2.75, 3.05) is 0 Å². The van der Waals surface area contributed by atoms with Crippen molar-refractivity contribution in [3.05, 3.63) is 6.42 Å². The van der Waals surface area contributed by atoms with Crippen LogP contribution in [0, 0.1) is 6.42 Å². The van der Waals surface area contributed by atoms with E-state index in [0.29, 0.717) is 0 Å². The first kappa shape index (κ1) is 16.4. The van der Waals surface area contributed by atoms with Gasteiger partial charge in [-0.25, -0.2) is 0 Å². The molecule has 0 heterocycles. The van der Waals surface area contributed by atoms with Crippen molar-refractivity contribution >= 4 is 29.2 Å². The van der Waals surface area contributed by atoms with Gasteiger partial charge in [0.25, 0.3) is 0 Å². The maximum Gasteiger partial charge on any atom is 2.00 e. The zero-order valence-electron chi connectivity index (χ0n) is 5.89. The van der Waals surface area contributed by atoms with Crippen LogP contribution in [0.25, 0.3) is 0 Å². The Morgan fingerprint density at radius 1 is 1.78 bits per heavy atom. The van der Waals surface area contributed by atoms with E-state index in [0.717, 1.165) is 0 Å². The van der Waals surface area contributed by atoms with Crippen molar-refractivity contribution in [2.24, 2.45) is 5.73 Å². The molecule has 0 aliphatic heterocycles. The summed E-state index contributed by atoms with van der Waals surface area (Å²) in [4.78, 5) is 0. The third kappa shape index (κ3) is 132.